The first-order valence-corrected chi connectivity index (χ1v) is 13.9. The van der Waals surface area contributed by atoms with Crippen molar-refractivity contribution in [3.05, 3.63) is 68.3 Å². The number of carbonyl (C=O) groups excluding carboxylic acids is 1. The molecule has 1 aliphatic heterocycles. The van der Waals surface area contributed by atoms with E-state index in [0.29, 0.717) is 17.5 Å². The molecule has 1 aromatic heterocycles. The summed E-state index contributed by atoms with van der Waals surface area (Å²) in [6.07, 6.45) is -0.809. The third kappa shape index (κ3) is 6.68. The summed E-state index contributed by atoms with van der Waals surface area (Å²) >= 11 is 6.47. The maximum atomic E-state index is 15.4. The van der Waals surface area contributed by atoms with Crippen LogP contribution in [0, 0.1) is 5.82 Å². The Balaban J connectivity index is 1.82. The van der Waals surface area contributed by atoms with Crippen molar-refractivity contribution in [1.29, 1.82) is 0 Å². The zero-order valence-electron chi connectivity index (χ0n) is 21.6. The molecule has 0 saturated carbocycles. The molecule has 210 valence electrons. The zero-order chi connectivity index (χ0) is 28.3. The summed E-state index contributed by atoms with van der Waals surface area (Å²) in [5.41, 5.74) is 0.114. The maximum absolute atomic E-state index is 15.4. The van der Waals surface area contributed by atoms with Gasteiger partial charge in [0.05, 0.1) is 10.7 Å². The van der Waals surface area contributed by atoms with Crippen molar-refractivity contribution in [3.8, 4) is 5.75 Å². The van der Waals surface area contributed by atoms with E-state index < -0.39 is 27.7 Å². The number of halogens is 2. The fourth-order valence-corrected chi connectivity index (χ4v) is 4.95. The molecule has 0 atom stereocenters. The molecule has 11 nitrogen and oxygen atoms in total. The molecule has 0 bridgehead atoms. The van der Waals surface area contributed by atoms with Crippen LogP contribution in [0.4, 0.5) is 14.9 Å². The zero-order valence-corrected chi connectivity index (χ0v) is 23.2. The molecule has 0 aliphatic carbocycles. The van der Waals surface area contributed by atoms with Crippen molar-refractivity contribution in [1.82, 2.24) is 19.8 Å². The molecule has 4 rings (SSSR count). The largest absolute Gasteiger partial charge is 0.422 e. The van der Waals surface area contributed by atoms with Gasteiger partial charge in [0.2, 0.25) is 0 Å². The van der Waals surface area contributed by atoms with E-state index in [0.717, 1.165) is 26.2 Å². The van der Waals surface area contributed by atoms with Crippen molar-refractivity contribution in [2.75, 3.05) is 52.0 Å². The number of hydrogen-bond donors (Lipinski definition) is 3. The van der Waals surface area contributed by atoms with Crippen molar-refractivity contribution < 1.29 is 26.8 Å². The van der Waals surface area contributed by atoms with Crippen molar-refractivity contribution in [3.63, 3.8) is 0 Å². The lowest BCUT2D eigenvalue weighted by Gasteiger charge is -2.28. The molecular weight excluding hydrogens is 553 g/mol. The number of amides is 1. The van der Waals surface area contributed by atoms with Gasteiger partial charge in [-0.1, -0.05) is 23.7 Å². The number of ether oxygens (including phenoxy) is 1. The first kappa shape index (κ1) is 28.8. The lowest BCUT2D eigenvalue weighted by Crippen LogP contribution is -2.43. The van der Waals surface area contributed by atoms with Crippen molar-refractivity contribution in [2.45, 2.75) is 13.0 Å². The van der Waals surface area contributed by atoms with E-state index in [9.17, 15) is 18.0 Å². The minimum atomic E-state index is -3.96. The van der Waals surface area contributed by atoms with E-state index in [1.54, 1.807) is 6.07 Å². The number of hydrogen-bond acceptors (Lipinski definition) is 8. The second kappa shape index (κ2) is 11.9. The molecule has 0 unspecified atom stereocenters. The lowest BCUT2D eigenvalue weighted by atomic mass is 9.97. The monoisotopic (exact) mass is 581 g/mol. The number of fused-ring (bicyclic) bond motifs is 1. The number of rotatable bonds is 8. The second-order valence-corrected chi connectivity index (χ2v) is 11.2. The quantitative estimate of drug-likeness (QED) is 0.346. The predicted octanol–water partition coefficient (Wildman–Crippen LogP) is 2.52. The number of nitrogens with one attached hydrogen (secondary N) is 3. The molecular formula is C25H29ClFN5O6S. The van der Waals surface area contributed by atoms with Crippen LogP contribution in [0.2, 0.25) is 5.02 Å². The van der Waals surface area contributed by atoms with Gasteiger partial charge in [-0.15, -0.1) is 0 Å². The van der Waals surface area contributed by atoms with Crippen LogP contribution < -0.4 is 25.1 Å². The normalized spacial score (nSPS) is 14.4. The first-order chi connectivity index (χ1) is 18.5. The third-order valence-electron chi connectivity index (χ3n) is 6.29. The van der Waals surface area contributed by atoms with Crippen LogP contribution in [0.1, 0.15) is 16.7 Å². The van der Waals surface area contributed by atoms with Crippen LogP contribution in [0.25, 0.3) is 11.0 Å². The van der Waals surface area contributed by atoms with Crippen LogP contribution in [0.15, 0.2) is 39.5 Å². The molecule has 3 N–H and O–H groups in total. The van der Waals surface area contributed by atoms with Gasteiger partial charge in [-0.05, 0) is 23.3 Å². The summed E-state index contributed by atoms with van der Waals surface area (Å²) in [5, 5.41) is 3.93. The molecule has 14 heteroatoms. The van der Waals surface area contributed by atoms with Gasteiger partial charge in [-0.2, -0.15) is 8.42 Å². The SMILES string of the molecule is CNS(=O)(=O)Nc1cccc(Cc2c(CN3CCNCC3)c3cc(Cl)c(OC(=O)N(C)C)cc3oc2=O)c1F. The van der Waals surface area contributed by atoms with Gasteiger partial charge in [0.1, 0.15) is 5.58 Å². The van der Waals surface area contributed by atoms with Crippen LogP contribution >= 0.6 is 11.6 Å². The van der Waals surface area contributed by atoms with Crippen LogP contribution in [-0.2, 0) is 23.2 Å². The highest BCUT2D eigenvalue weighted by Crippen LogP contribution is 2.34. The Bertz CT molecular complexity index is 1560. The van der Waals surface area contributed by atoms with Crippen molar-refractivity contribution >= 4 is 44.6 Å². The molecule has 1 saturated heterocycles. The molecule has 1 aliphatic rings. The Kier molecular flexibility index (Phi) is 8.76. The highest BCUT2D eigenvalue weighted by Gasteiger charge is 2.23. The Morgan fingerprint density at radius 1 is 1.23 bits per heavy atom. The summed E-state index contributed by atoms with van der Waals surface area (Å²) in [7, 11) is 0.283. The Labute approximate surface area is 230 Å². The van der Waals surface area contributed by atoms with E-state index in [4.69, 9.17) is 20.8 Å². The van der Waals surface area contributed by atoms with Crippen LogP contribution in [0.5, 0.6) is 5.75 Å². The smallest absolute Gasteiger partial charge is 0.414 e. The van der Waals surface area contributed by atoms with Gasteiger partial charge in [0.25, 0.3) is 10.2 Å². The minimum absolute atomic E-state index is 0.0300. The van der Waals surface area contributed by atoms with Crippen LogP contribution in [-0.4, -0.2) is 71.6 Å². The summed E-state index contributed by atoms with van der Waals surface area (Å²) in [6.45, 7) is 3.34. The fourth-order valence-electron chi connectivity index (χ4n) is 4.20. The summed E-state index contributed by atoms with van der Waals surface area (Å²) in [4.78, 5) is 28.8. The molecule has 1 amide bonds. The maximum Gasteiger partial charge on any atom is 0.414 e. The van der Waals surface area contributed by atoms with Crippen LogP contribution in [0.3, 0.4) is 0 Å². The van der Waals surface area contributed by atoms with Gasteiger partial charge < -0.3 is 19.4 Å². The highest BCUT2D eigenvalue weighted by molar-refractivity contribution is 7.90. The summed E-state index contributed by atoms with van der Waals surface area (Å²) in [6, 6.07) is 7.20. The number of anilines is 1. The van der Waals surface area contributed by atoms with E-state index in [1.807, 2.05) is 0 Å². The van der Waals surface area contributed by atoms with Gasteiger partial charge in [0.15, 0.2) is 11.6 Å². The fraction of sp³-hybridized carbons (Fsp3) is 0.360. The lowest BCUT2D eigenvalue weighted by molar-refractivity contribution is 0.172. The van der Waals surface area contributed by atoms with Gasteiger partial charge >= 0.3 is 11.7 Å². The number of piperazine rings is 1. The minimum Gasteiger partial charge on any atom is -0.422 e. The number of benzene rings is 2. The standard InChI is InChI=1S/C25H29ClFN5O6S/c1-28-39(35,36)30-20-6-4-5-15(23(20)27)11-17-18(14-32-9-7-29-8-10-32)16-12-19(26)22(38-25(34)31(2)3)13-21(16)37-24(17)33/h4-6,12-13,28-30H,7-11,14H2,1-3H3. The molecule has 0 radical (unpaired) electrons. The van der Waals surface area contributed by atoms with E-state index in [2.05, 4.69) is 19.7 Å². The average Bonchev–Trinajstić information content (AvgIpc) is 2.89. The highest BCUT2D eigenvalue weighted by atomic mass is 35.5. The average molecular weight is 582 g/mol. The van der Waals surface area contributed by atoms with Crippen molar-refractivity contribution in [2.24, 2.45) is 0 Å². The van der Waals surface area contributed by atoms with Gasteiger partial charge in [-0.3, -0.25) is 9.62 Å². The summed E-state index contributed by atoms with van der Waals surface area (Å²) in [5.74, 6) is -0.782. The van der Waals surface area contributed by atoms with E-state index in [-0.39, 0.29) is 39.6 Å². The third-order valence-corrected chi connectivity index (χ3v) is 7.61. The first-order valence-electron chi connectivity index (χ1n) is 12.1. The topological polar surface area (TPSA) is 133 Å². The Morgan fingerprint density at radius 3 is 2.62 bits per heavy atom. The molecule has 2 aromatic carbocycles. The second-order valence-electron chi connectivity index (χ2n) is 9.18. The Hall–Kier alpha value is -3.23. The molecule has 39 heavy (non-hydrogen) atoms. The number of nitrogens with zero attached hydrogens (tertiary/aromatic N) is 2. The molecule has 3 aromatic rings. The van der Waals surface area contributed by atoms with E-state index >= 15 is 4.39 Å². The summed E-state index contributed by atoms with van der Waals surface area (Å²) < 4.78 is 54.3. The number of carbonyl (C=O) groups is 1. The van der Waals surface area contributed by atoms with E-state index in [1.165, 1.54) is 50.3 Å². The molecule has 2 heterocycles. The molecule has 0 spiro atoms. The predicted molar refractivity (Wildman–Crippen MR) is 146 cm³/mol. The van der Waals surface area contributed by atoms with Gasteiger partial charge in [0, 0.05) is 77.3 Å². The van der Waals surface area contributed by atoms with Gasteiger partial charge in [-0.25, -0.2) is 18.7 Å². The molecule has 1 fully saturated rings. The Morgan fingerprint density at radius 2 is 1.95 bits per heavy atom.